The summed E-state index contributed by atoms with van der Waals surface area (Å²) in [5, 5.41) is 9.45. The minimum absolute atomic E-state index is 0.176. The maximum absolute atomic E-state index is 11.8. The summed E-state index contributed by atoms with van der Waals surface area (Å²) >= 11 is 0. The lowest BCUT2D eigenvalue weighted by Crippen LogP contribution is -2.40. The molecule has 2 N–H and O–H groups in total. The zero-order valence-electron chi connectivity index (χ0n) is 17.2. The molecule has 31 heavy (non-hydrogen) atoms. The highest BCUT2D eigenvalue weighted by Gasteiger charge is 2.51. The van der Waals surface area contributed by atoms with E-state index in [1.165, 1.54) is 34.0 Å². The second-order valence-electron chi connectivity index (χ2n) is 6.78. The number of aromatic nitrogens is 4. The van der Waals surface area contributed by atoms with Crippen molar-refractivity contribution in [2.75, 3.05) is 11.9 Å². The average Bonchev–Trinajstić information content (AvgIpc) is 3.22. The van der Waals surface area contributed by atoms with Crippen molar-refractivity contribution in [3.05, 3.63) is 12.0 Å². The van der Waals surface area contributed by atoms with Crippen LogP contribution >= 0.6 is 0 Å². The number of hydrogen-bond donors (Lipinski definition) is 2. The van der Waals surface area contributed by atoms with Crippen molar-refractivity contribution in [1.82, 2.24) is 20.2 Å². The molecule has 1 saturated heterocycles. The van der Waals surface area contributed by atoms with E-state index in [9.17, 15) is 19.2 Å². The van der Waals surface area contributed by atoms with Crippen LogP contribution in [0.25, 0.3) is 11.0 Å². The Hall–Kier alpha value is -3.61. The van der Waals surface area contributed by atoms with Crippen LogP contribution in [0.15, 0.2) is 6.33 Å². The van der Waals surface area contributed by atoms with Crippen LogP contribution in [-0.4, -0.2) is 68.9 Å². The standard InChI is InChI=1S/C18H21N5O8/c1-7(24)21-18-14-12(19-6-20-18)13(22-23-14)16-17(30-10(4)27)15(29-9(3)26)11(31-16)5-28-8(2)25/h6,11,15-17H,5H2,1-4H3,(H,22,23)(H,19,20,21,24). The maximum atomic E-state index is 11.8. The van der Waals surface area contributed by atoms with Gasteiger partial charge < -0.3 is 24.3 Å². The Kier molecular flexibility index (Phi) is 6.44. The fraction of sp³-hybridized carbons (Fsp3) is 0.500. The Labute approximate surface area is 175 Å². The Bertz CT molecular complexity index is 1020. The maximum Gasteiger partial charge on any atom is 0.303 e. The molecule has 166 valence electrons. The van der Waals surface area contributed by atoms with E-state index in [1.54, 1.807) is 0 Å². The van der Waals surface area contributed by atoms with Gasteiger partial charge in [0.1, 0.15) is 30.7 Å². The summed E-state index contributed by atoms with van der Waals surface area (Å²) in [6.45, 7) is 4.70. The number of carbonyl (C=O) groups is 4. The highest BCUT2D eigenvalue weighted by molar-refractivity contribution is 5.96. The Morgan fingerprint density at radius 2 is 1.68 bits per heavy atom. The molecule has 0 aromatic carbocycles. The fourth-order valence-corrected chi connectivity index (χ4v) is 3.26. The van der Waals surface area contributed by atoms with Crippen LogP contribution in [0.1, 0.15) is 39.5 Å². The number of amides is 1. The third-order valence-corrected chi connectivity index (χ3v) is 4.31. The normalized spacial score (nSPS) is 22.7. The first-order valence-corrected chi connectivity index (χ1v) is 9.27. The molecule has 0 saturated carbocycles. The highest BCUT2D eigenvalue weighted by atomic mass is 16.6. The number of carbonyl (C=O) groups excluding carboxylic acids is 4. The van der Waals surface area contributed by atoms with Gasteiger partial charge >= 0.3 is 17.9 Å². The van der Waals surface area contributed by atoms with Crippen molar-refractivity contribution >= 4 is 40.7 Å². The van der Waals surface area contributed by atoms with Crippen molar-refractivity contribution in [1.29, 1.82) is 0 Å². The second-order valence-corrected chi connectivity index (χ2v) is 6.78. The topological polar surface area (TPSA) is 172 Å². The molecule has 0 spiro atoms. The number of esters is 3. The van der Waals surface area contributed by atoms with E-state index >= 15 is 0 Å². The number of fused-ring (bicyclic) bond motifs is 1. The number of nitrogens with one attached hydrogen (secondary N) is 2. The molecule has 4 atom stereocenters. The van der Waals surface area contributed by atoms with Gasteiger partial charge in [0, 0.05) is 27.7 Å². The molecule has 13 nitrogen and oxygen atoms in total. The summed E-state index contributed by atoms with van der Waals surface area (Å²) < 4.78 is 21.7. The number of ether oxygens (including phenoxy) is 4. The molecular weight excluding hydrogens is 414 g/mol. The van der Waals surface area contributed by atoms with E-state index in [0.717, 1.165) is 0 Å². The van der Waals surface area contributed by atoms with Crippen LogP contribution in [0.3, 0.4) is 0 Å². The van der Waals surface area contributed by atoms with Crippen LogP contribution in [-0.2, 0) is 38.1 Å². The summed E-state index contributed by atoms with van der Waals surface area (Å²) in [5.74, 6) is -2.01. The number of hydrogen-bond acceptors (Lipinski definition) is 11. The Balaban J connectivity index is 2.02. The first kappa shape index (κ1) is 22.1. The van der Waals surface area contributed by atoms with Crippen molar-refractivity contribution in [2.45, 2.75) is 52.1 Å². The molecule has 2 aromatic rings. The lowest BCUT2D eigenvalue weighted by Gasteiger charge is -2.23. The molecule has 1 fully saturated rings. The van der Waals surface area contributed by atoms with Gasteiger partial charge in [-0.05, 0) is 0 Å². The number of nitrogens with zero attached hydrogens (tertiary/aromatic N) is 3. The first-order chi connectivity index (χ1) is 14.7. The summed E-state index contributed by atoms with van der Waals surface area (Å²) in [6.07, 6.45) is -2.82. The molecule has 3 rings (SSSR count). The molecule has 1 aliphatic rings. The number of anilines is 1. The van der Waals surface area contributed by atoms with E-state index < -0.39 is 42.3 Å². The van der Waals surface area contributed by atoms with Gasteiger partial charge in [-0.3, -0.25) is 24.3 Å². The number of aromatic amines is 1. The Morgan fingerprint density at radius 1 is 1.00 bits per heavy atom. The van der Waals surface area contributed by atoms with E-state index in [4.69, 9.17) is 18.9 Å². The van der Waals surface area contributed by atoms with Crippen molar-refractivity contribution in [3.63, 3.8) is 0 Å². The largest absolute Gasteiger partial charge is 0.463 e. The number of H-pyrrole nitrogens is 1. The van der Waals surface area contributed by atoms with Crippen LogP contribution in [0, 0.1) is 0 Å². The molecule has 0 radical (unpaired) electrons. The third kappa shape index (κ3) is 4.94. The monoisotopic (exact) mass is 435 g/mol. The summed E-state index contributed by atoms with van der Waals surface area (Å²) in [6, 6.07) is 0. The smallest absolute Gasteiger partial charge is 0.303 e. The predicted molar refractivity (Wildman–Crippen MR) is 101 cm³/mol. The minimum atomic E-state index is -1.08. The lowest BCUT2D eigenvalue weighted by molar-refractivity contribution is -0.165. The number of rotatable bonds is 6. The van der Waals surface area contributed by atoms with E-state index in [2.05, 4.69) is 25.5 Å². The molecule has 13 heteroatoms. The Morgan fingerprint density at radius 3 is 2.29 bits per heavy atom. The van der Waals surface area contributed by atoms with Crippen molar-refractivity contribution in [3.8, 4) is 0 Å². The van der Waals surface area contributed by atoms with Gasteiger partial charge in [0.15, 0.2) is 23.5 Å². The molecule has 1 amide bonds. The van der Waals surface area contributed by atoms with Crippen molar-refractivity contribution < 1.29 is 38.1 Å². The molecule has 0 aliphatic carbocycles. The van der Waals surface area contributed by atoms with Gasteiger partial charge in [-0.2, -0.15) is 5.10 Å². The molecular formula is C18H21N5O8. The van der Waals surface area contributed by atoms with Crippen LogP contribution < -0.4 is 5.32 Å². The summed E-state index contributed by atoms with van der Waals surface area (Å²) in [7, 11) is 0. The van der Waals surface area contributed by atoms with E-state index in [-0.39, 0.29) is 23.8 Å². The minimum Gasteiger partial charge on any atom is -0.463 e. The molecule has 0 bridgehead atoms. The van der Waals surface area contributed by atoms with Gasteiger partial charge in [-0.15, -0.1) is 0 Å². The van der Waals surface area contributed by atoms with Crippen LogP contribution in [0.2, 0.25) is 0 Å². The summed E-state index contributed by atoms with van der Waals surface area (Å²) in [5.41, 5.74) is 0.860. The van der Waals surface area contributed by atoms with Gasteiger partial charge in [-0.25, -0.2) is 9.97 Å². The van der Waals surface area contributed by atoms with Gasteiger partial charge in [0.2, 0.25) is 5.91 Å². The fourth-order valence-electron chi connectivity index (χ4n) is 3.26. The van der Waals surface area contributed by atoms with Crippen LogP contribution in [0.4, 0.5) is 5.82 Å². The third-order valence-electron chi connectivity index (χ3n) is 4.31. The SMILES string of the molecule is CC(=O)Nc1ncnc2c(C3OC(COC(C)=O)C(OC(C)=O)C3OC(C)=O)[nH]nc12. The zero-order chi connectivity index (χ0) is 22.7. The summed E-state index contributed by atoms with van der Waals surface area (Å²) in [4.78, 5) is 54.3. The van der Waals surface area contributed by atoms with Gasteiger partial charge in [0.25, 0.3) is 0 Å². The molecule has 2 aromatic heterocycles. The molecule has 3 heterocycles. The average molecular weight is 435 g/mol. The van der Waals surface area contributed by atoms with Crippen LogP contribution in [0.5, 0.6) is 0 Å². The molecule has 4 unspecified atom stereocenters. The van der Waals surface area contributed by atoms with Gasteiger partial charge in [-0.1, -0.05) is 0 Å². The quantitative estimate of drug-likeness (QED) is 0.468. The first-order valence-electron chi connectivity index (χ1n) is 9.27. The highest BCUT2D eigenvalue weighted by Crippen LogP contribution is 2.39. The second kappa shape index (κ2) is 9.04. The lowest BCUT2D eigenvalue weighted by atomic mass is 10.0. The van der Waals surface area contributed by atoms with Crippen molar-refractivity contribution in [2.24, 2.45) is 0 Å². The predicted octanol–water partition coefficient (Wildman–Crippen LogP) is 0.178. The van der Waals surface area contributed by atoms with E-state index in [1.807, 2.05) is 0 Å². The van der Waals surface area contributed by atoms with E-state index in [0.29, 0.717) is 11.2 Å². The zero-order valence-corrected chi connectivity index (χ0v) is 17.2. The molecule has 1 aliphatic heterocycles. The van der Waals surface area contributed by atoms with Gasteiger partial charge in [0.05, 0.1) is 5.69 Å².